The summed E-state index contributed by atoms with van der Waals surface area (Å²) >= 11 is 0. The second-order valence-corrected chi connectivity index (χ2v) is 4.86. The minimum Gasteiger partial charge on any atom is -0.497 e. The minimum atomic E-state index is 0.278. The molecular weight excluding hydrogens is 240 g/mol. The molecule has 4 nitrogen and oxygen atoms in total. The van der Waals surface area contributed by atoms with Crippen molar-refractivity contribution in [3.8, 4) is 5.75 Å². The number of benzene rings is 1. The molecule has 0 saturated carbocycles. The molecule has 0 bridgehead atoms. The topological polar surface area (TPSA) is 41.6 Å². The number of methoxy groups -OCH3 is 1. The Labute approximate surface area is 114 Å². The smallest absolute Gasteiger partial charge is 0.223 e. The quantitative estimate of drug-likeness (QED) is 0.795. The van der Waals surface area contributed by atoms with Crippen LogP contribution in [0.25, 0.3) is 0 Å². The molecular formula is C15H22N2O2. The summed E-state index contributed by atoms with van der Waals surface area (Å²) in [6, 6.07) is 7.97. The zero-order valence-corrected chi connectivity index (χ0v) is 11.5. The Balaban J connectivity index is 1.64. The maximum atomic E-state index is 11.8. The Hall–Kier alpha value is -1.55. The van der Waals surface area contributed by atoms with Gasteiger partial charge in [0.15, 0.2) is 0 Å². The van der Waals surface area contributed by atoms with Gasteiger partial charge in [-0.25, -0.2) is 0 Å². The lowest BCUT2D eigenvalue weighted by Crippen LogP contribution is -2.30. The zero-order chi connectivity index (χ0) is 13.5. The van der Waals surface area contributed by atoms with Crippen LogP contribution in [0.4, 0.5) is 0 Å². The van der Waals surface area contributed by atoms with Crippen molar-refractivity contribution in [2.75, 3.05) is 26.7 Å². The van der Waals surface area contributed by atoms with Crippen molar-refractivity contribution in [2.45, 2.75) is 25.8 Å². The molecule has 0 aliphatic carbocycles. The van der Waals surface area contributed by atoms with E-state index in [1.807, 2.05) is 29.2 Å². The zero-order valence-electron chi connectivity index (χ0n) is 11.5. The van der Waals surface area contributed by atoms with Crippen molar-refractivity contribution in [2.24, 2.45) is 0 Å². The number of hydrogen-bond donors (Lipinski definition) is 1. The number of carbonyl (C=O) groups is 1. The van der Waals surface area contributed by atoms with Crippen LogP contribution in [-0.4, -0.2) is 37.6 Å². The molecule has 0 radical (unpaired) electrons. The summed E-state index contributed by atoms with van der Waals surface area (Å²) in [7, 11) is 1.66. The fraction of sp³-hybridized carbons (Fsp3) is 0.533. The van der Waals surface area contributed by atoms with Gasteiger partial charge in [-0.1, -0.05) is 12.1 Å². The summed E-state index contributed by atoms with van der Waals surface area (Å²) in [4.78, 5) is 13.8. The van der Waals surface area contributed by atoms with E-state index in [4.69, 9.17) is 4.74 Å². The maximum Gasteiger partial charge on any atom is 0.223 e. The fourth-order valence-electron chi connectivity index (χ4n) is 2.30. The summed E-state index contributed by atoms with van der Waals surface area (Å²) < 4.78 is 5.11. The van der Waals surface area contributed by atoms with Crippen molar-refractivity contribution >= 4 is 5.91 Å². The SMILES string of the molecule is COc1ccc(CNCCC(=O)N2CCCC2)cc1. The summed E-state index contributed by atoms with van der Waals surface area (Å²) in [5, 5.41) is 3.31. The Morgan fingerprint density at radius 3 is 2.58 bits per heavy atom. The van der Waals surface area contributed by atoms with Gasteiger partial charge in [0.1, 0.15) is 5.75 Å². The molecule has 2 rings (SSSR count). The highest BCUT2D eigenvalue weighted by Gasteiger charge is 2.16. The second kappa shape index (κ2) is 7.14. The van der Waals surface area contributed by atoms with Crippen molar-refractivity contribution in [3.05, 3.63) is 29.8 Å². The van der Waals surface area contributed by atoms with Crippen LogP contribution in [0.15, 0.2) is 24.3 Å². The highest BCUT2D eigenvalue weighted by Crippen LogP contribution is 2.11. The molecule has 1 aromatic rings. The Morgan fingerprint density at radius 1 is 1.26 bits per heavy atom. The van der Waals surface area contributed by atoms with E-state index in [1.54, 1.807) is 7.11 Å². The highest BCUT2D eigenvalue weighted by molar-refractivity contribution is 5.76. The van der Waals surface area contributed by atoms with E-state index >= 15 is 0 Å². The summed E-state index contributed by atoms with van der Waals surface area (Å²) in [5.74, 6) is 1.15. The Kier molecular flexibility index (Phi) is 5.21. The van der Waals surface area contributed by atoms with Gasteiger partial charge in [0, 0.05) is 32.6 Å². The van der Waals surface area contributed by atoms with Gasteiger partial charge in [0.25, 0.3) is 0 Å². The first-order chi connectivity index (χ1) is 9.29. The van der Waals surface area contributed by atoms with E-state index < -0.39 is 0 Å². The van der Waals surface area contributed by atoms with Crippen LogP contribution in [0.5, 0.6) is 5.75 Å². The lowest BCUT2D eigenvalue weighted by atomic mass is 10.2. The van der Waals surface area contributed by atoms with Gasteiger partial charge >= 0.3 is 0 Å². The first kappa shape index (κ1) is 13.9. The lowest BCUT2D eigenvalue weighted by molar-refractivity contribution is -0.130. The number of amides is 1. The summed E-state index contributed by atoms with van der Waals surface area (Å²) in [6.07, 6.45) is 2.91. The molecule has 1 N–H and O–H groups in total. The third kappa shape index (κ3) is 4.24. The van der Waals surface area contributed by atoms with E-state index in [9.17, 15) is 4.79 Å². The number of hydrogen-bond acceptors (Lipinski definition) is 3. The number of nitrogens with zero attached hydrogens (tertiary/aromatic N) is 1. The largest absolute Gasteiger partial charge is 0.497 e. The molecule has 1 heterocycles. The molecule has 0 spiro atoms. The molecule has 19 heavy (non-hydrogen) atoms. The number of likely N-dealkylation sites (tertiary alicyclic amines) is 1. The van der Waals surface area contributed by atoms with E-state index in [2.05, 4.69) is 5.32 Å². The van der Waals surface area contributed by atoms with Gasteiger partial charge < -0.3 is 15.0 Å². The average Bonchev–Trinajstić information content (AvgIpc) is 2.98. The van der Waals surface area contributed by atoms with E-state index in [0.717, 1.165) is 44.8 Å². The highest BCUT2D eigenvalue weighted by atomic mass is 16.5. The Bertz CT molecular complexity index is 397. The number of nitrogens with one attached hydrogen (secondary N) is 1. The van der Waals surface area contributed by atoms with Crippen molar-refractivity contribution in [1.82, 2.24) is 10.2 Å². The normalized spacial score (nSPS) is 14.7. The molecule has 1 aliphatic heterocycles. The molecule has 0 atom stereocenters. The van der Waals surface area contributed by atoms with Gasteiger partial charge in [0.2, 0.25) is 5.91 Å². The van der Waals surface area contributed by atoms with E-state index in [0.29, 0.717) is 6.42 Å². The minimum absolute atomic E-state index is 0.278. The summed E-state index contributed by atoms with van der Waals surface area (Å²) in [6.45, 7) is 3.41. The van der Waals surface area contributed by atoms with Crippen molar-refractivity contribution in [1.29, 1.82) is 0 Å². The lowest BCUT2D eigenvalue weighted by Gasteiger charge is -2.15. The third-order valence-corrected chi connectivity index (χ3v) is 3.46. The van der Waals surface area contributed by atoms with Gasteiger partial charge in [0.05, 0.1) is 7.11 Å². The number of ether oxygens (including phenoxy) is 1. The van der Waals surface area contributed by atoms with Crippen LogP contribution in [0.2, 0.25) is 0 Å². The first-order valence-corrected chi connectivity index (χ1v) is 6.91. The Morgan fingerprint density at radius 2 is 1.95 bits per heavy atom. The standard InChI is InChI=1S/C15H22N2O2/c1-19-14-6-4-13(5-7-14)12-16-9-8-15(18)17-10-2-3-11-17/h4-7,16H,2-3,8-12H2,1H3. The molecule has 1 aliphatic rings. The number of carbonyl (C=O) groups excluding carboxylic acids is 1. The van der Waals surface area contributed by atoms with Crippen LogP contribution in [0.1, 0.15) is 24.8 Å². The molecule has 0 aromatic heterocycles. The molecule has 1 amide bonds. The van der Waals surface area contributed by atoms with Gasteiger partial charge in [-0.05, 0) is 30.5 Å². The summed E-state index contributed by atoms with van der Waals surface area (Å²) in [5.41, 5.74) is 1.20. The molecule has 1 aromatic carbocycles. The molecule has 1 fully saturated rings. The van der Waals surface area contributed by atoms with Gasteiger partial charge in [-0.15, -0.1) is 0 Å². The predicted molar refractivity (Wildman–Crippen MR) is 75.1 cm³/mol. The molecule has 4 heteroatoms. The van der Waals surface area contributed by atoms with Crippen LogP contribution in [0.3, 0.4) is 0 Å². The van der Waals surface area contributed by atoms with Crippen LogP contribution < -0.4 is 10.1 Å². The first-order valence-electron chi connectivity index (χ1n) is 6.91. The predicted octanol–water partition coefficient (Wildman–Crippen LogP) is 1.80. The van der Waals surface area contributed by atoms with Crippen molar-refractivity contribution in [3.63, 3.8) is 0 Å². The monoisotopic (exact) mass is 262 g/mol. The number of rotatable bonds is 6. The maximum absolute atomic E-state index is 11.8. The third-order valence-electron chi connectivity index (χ3n) is 3.46. The van der Waals surface area contributed by atoms with Crippen molar-refractivity contribution < 1.29 is 9.53 Å². The van der Waals surface area contributed by atoms with Crippen LogP contribution >= 0.6 is 0 Å². The van der Waals surface area contributed by atoms with Gasteiger partial charge in [-0.3, -0.25) is 4.79 Å². The average molecular weight is 262 g/mol. The fourth-order valence-corrected chi connectivity index (χ4v) is 2.30. The molecule has 0 unspecified atom stereocenters. The van der Waals surface area contributed by atoms with Crippen LogP contribution in [0, 0.1) is 0 Å². The molecule has 104 valence electrons. The van der Waals surface area contributed by atoms with E-state index in [1.165, 1.54) is 5.56 Å². The van der Waals surface area contributed by atoms with E-state index in [-0.39, 0.29) is 5.91 Å². The van der Waals surface area contributed by atoms with Gasteiger partial charge in [-0.2, -0.15) is 0 Å². The molecule has 1 saturated heterocycles. The second-order valence-electron chi connectivity index (χ2n) is 4.86. The van der Waals surface area contributed by atoms with Crippen LogP contribution in [-0.2, 0) is 11.3 Å².